The number of unbranched alkanes of at least 4 members (excludes halogenated alkanes) is 1. The summed E-state index contributed by atoms with van der Waals surface area (Å²) in [5.41, 5.74) is 0.363. The molecule has 0 heterocycles. The Balaban J connectivity index is 2.55. The Bertz CT molecular complexity index is 191. The highest BCUT2D eigenvalue weighted by molar-refractivity contribution is 4.91. The summed E-state index contributed by atoms with van der Waals surface area (Å²) >= 11 is 0. The van der Waals surface area contributed by atoms with Crippen molar-refractivity contribution < 1.29 is 5.11 Å². The quantitative estimate of drug-likeness (QED) is 0.776. The normalized spacial score (nSPS) is 30.8. The van der Waals surface area contributed by atoms with Crippen LogP contribution in [-0.4, -0.2) is 35.7 Å². The largest absolute Gasteiger partial charge is 0.393 e. The first-order valence-corrected chi connectivity index (χ1v) is 6.35. The first-order chi connectivity index (χ1) is 6.97. The van der Waals surface area contributed by atoms with Gasteiger partial charge in [-0.15, -0.1) is 0 Å². The Morgan fingerprint density at radius 2 is 2.07 bits per heavy atom. The van der Waals surface area contributed by atoms with Crippen molar-refractivity contribution in [2.24, 2.45) is 5.41 Å². The molecule has 1 aliphatic rings. The van der Waals surface area contributed by atoms with E-state index in [-0.39, 0.29) is 6.10 Å². The molecule has 0 aromatic rings. The van der Waals surface area contributed by atoms with Crippen LogP contribution in [0.4, 0.5) is 0 Å². The lowest BCUT2D eigenvalue weighted by atomic mass is 9.71. The van der Waals surface area contributed by atoms with Gasteiger partial charge >= 0.3 is 0 Å². The first-order valence-electron chi connectivity index (χ1n) is 6.35. The van der Waals surface area contributed by atoms with E-state index in [9.17, 15) is 5.11 Å². The third-order valence-corrected chi connectivity index (χ3v) is 3.92. The van der Waals surface area contributed by atoms with Gasteiger partial charge in [-0.25, -0.2) is 0 Å². The lowest BCUT2D eigenvalue weighted by molar-refractivity contribution is -0.00146. The fourth-order valence-electron chi connectivity index (χ4n) is 2.74. The maximum absolute atomic E-state index is 9.76. The molecule has 1 fully saturated rings. The minimum Gasteiger partial charge on any atom is -0.393 e. The monoisotopic (exact) mass is 213 g/mol. The predicted molar refractivity (Wildman–Crippen MR) is 65.0 cm³/mol. The highest BCUT2D eigenvalue weighted by Crippen LogP contribution is 2.38. The summed E-state index contributed by atoms with van der Waals surface area (Å²) in [6.45, 7) is 8.07. The summed E-state index contributed by atoms with van der Waals surface area (Å²) < 4.78 is 0. The zero-order valence-corrected chi connectivity index (χ0v) is 10.8. The third-order valence-electron chi connectivity index (χ3n) is 3.92. The fourth-order valence-corrected chi connectivity index (χ4v) is 2.74. The number of hydrogen-bond donors (Lipinski definition) is 1. The lowest BCUT2D eigenvalue weighted by Gasteiger charge is -2.45. The number of rotatable bonds is 4. The van der Waals surface area contributed by atoms with E-state index >= 15 is 0 Å². The Hall–Kier alpha value is -0.0800. The molecule has 0 aromatic heterocycles. The predicted octanol–water partition coefficient (Wildman–Crippen LogP) is 2.66. The molecule has 2 heteroatoms. The van der Waals surface area contributed by atoms with Crippen molar-refractivity contribution in [3.8, 4) is 0 Å². The van der Waals surface area contributed by atoms with Gasteiger partial charge < -0.3 is 10.0 Å². The maximum atomic E-state index is 9.76. The molecule has 1 rings (SSSR count). The average Bonchev–Trinajstić information content (AvgIpc) is 2.18. The molecule has 0 radical (unpaired) electrons. The van der Waals surface area contributed by atoms with Crippen molar-refractivity contribution >= 4 is 0 Å². The van der Waals surface area contributed by atoms with Crippen molar-refractivity contribution in [3.05, 3.63) is 0 Å². The molecule has 2 unspecified atom stereocenters. The molecule has 0 saturated heterocycles. The summed E-state index contributed by atoms with van der Waals surface area (Å²) in [7, 11) is 2.21. The number of aliphatic hydroxyl groups excluding tert-OH is 1. The second-order valence-corrected chi connectivity index (χ2v) is 5.77. The van der Waals surface area contributed by atoms with Crippen LogP contribution in [0, 0.1) is 5.41 Å². The van der Waals surface area contributed by atoms with E-state index in [1.165, 1.54) is 12.8 Å². The Morgan fingerprint density at radius 3 is 2.67 bits per heavy atom. The van der Waals surface area contributed by atoms with Gasteiger partial charge in [-0.2, -0.15) is 0 Å². The van der Waals surface area contributed by atoms with E-state index in [2.05, 4.69) is 32.7 Å². The first kappa shape index (κ1) is 13.0. The molecule has 0 amide bonds. The minimum absolute atomic E-state index is 0.0768. The summed E-state index contributed by atoms with van der Waals surface area (Å²) in [6.07, 6.45) is 5.51. The highest BCUT2D eigenvalue weighted by atomic mass is 16.3. The van der Waals surface area contributed by atoms with Gasteiger partial charge in [-0.3, -0.25) is 0 Å². The van der Waals surface area contributed by atoms with Gasteiger partial charge in [0.25, 0.3) is 0 Å². The van der Waals surface area contributed by atoms with Crippen LogP contribution in [0.1, 0.15) is 52.9 Å². The van der Waals surface area contributed by atoms with Crippen molar-refractivity contribution in [1.29, 1.82) is 0 Å². The zero-order chi connectivity index (χ0) is 11.5. The van der Waals surface area contributed by atoms with E-state index in [4.69, 9.17) is 0 Å². The summed E-state index contributed by atoms with van der Waals surface area (Å²) in [5, 5.41) is 9.76. The molecule has 1 N–H and O–H groups in total. The highest BCUT2D eigenvalue weighted by Gasteiger charge is 2.37. The fraction of sp³-hybridized carbons (Fsp3) is 1.00. The molecule has 1 saturated carbocycles. The molecule has 2 atom stereocenters. The van der Waals surface area contributed by atoms with E-state index in [0.717, 1.165) is 25.8 Å². The van der Waals surface area contributed by atoms with Crippen LogP contribution in [0.2, 0.25) is 0 Å². The number of hydrogen-bond acceptors (Lipinski definition) is 2. The Morgan fingerprint density at radius 1 is 1.40 bits per heavy atom. The Labute approximate surface area is 94.7 Å². The smallest absolute Gasteiger partial charge is 0.0555 e. The van der Waals surface area contributed by atoms with E-state index in [1.807, 2.05) is 0 Å². The van der Waals surface area contributed by atoms with Gasteiger partial charge in [0.2, 0.25) is 0 Å². The van der Waals surface area contributed by atoms with Gasteiger partial charge in [0.15, 0.2) is 0 Å². The van der Waals surface area contributed by atoms with Crippen molar-refractivity contribution in [1.82, 2.24) is 4.90 Å². The molecule has 15 heavy (non-hydrogen) atoms. The zero-order valence-electron chi connectivity index (χ0n) is 10.8. The van der Waals surface area contributed by atoms with Crippen LogP contribution in [0.3, 0.4) is 0 Å². The lowest BCUT2D eigenvalue weighted by Crippen LogP contribution is -2.48. The second-order valence-electron chi connectivity index (χ2n) is 5.77. The summed E-state index contributed by atoms with van der Waals surface area (Å²) in [5.74, 6) is 0. The van der Waals surface area contributed by atoms with Crippen LogP contribution in [-0.2, 0) is 0 Å². The standard InChI is InChI=1S/C13H27NO/c1-5-6-9-14(4)12-10-11(15)7-8-13(12,2)3/h11-12,15H,5-10H2,1-4H3. The third kappa shape index (κ3) is 3.46. The minimum atomic E-state index is -0.0768. The molecule has 0 aromatic carbocycles. The van der Waals surface area contributed by atoms with Gasteiger partial charge in [-0.05, 0) is 44.7 Å². The van der Waals surface area contributed by atoms with E-state index < -0.39 is 0 Å². The molecule has 1 aliphatic carbocycles. The van der Waals surface area contributed by atoms with E-state index in [0.29, 0.717) is 11.5 Å². The van der Waals surface area contributed by atoms with E-state index in [1.54, 1.807) is 0 Å². The molecule has 0 aliphatic heterocycles. The van der Waals surface area contributed by atoms with Crippen LogP contribution in [0.25, 0.3) is 0 Å². The van der Waals surface area contributed by atoms with Gasteiger partial charge in [0, 0.05) is 6.04 Å². The Kier molecular flexibility index (Phi) is 4.60. The molecular formula is C13H27NO. The van der Waals surface area contributed by atoms with Crippen LogP contribution < -0.4 is 0 Å². The van der Waals surface area contributed by atoms with Crippen LogP contribution in [0.15, 0.2) is 0 Å². The maximum Gasteiger partial charge on any atom is 0.0555 e. The van der Waals surface area contributed by atoms with Crippen molar-refractivity contribution in [2.45, 2.75) is 65.0 Å². The van der Waals surface area contributed by atoms with Gasteiger partial charge in [0.05, 0.1) is 6.10 Å². The number of aliphatic hydroxyl groups is 1. The SMILES string of the molecule is CCCCN(C)C1CC(O)CCC1(C)C. The van der Waals surface area contributed by atoms with Crippen molar-refractivity contribution in [2.75, 3.05) is 13.6 Å². The topological polar surface area (TPSA) is 23.5 Å². The van der Waals surface area contributed by atoms with Crippen LogP contribution >= 0.6 is 0 Å². The average molecular weight is 213 g/mol. The second kappa shape index (κ2) is 5.31. The van der Waals surface area contributed by atoms with Gasteiger partial charge in [-0.1, -0.05) is 27.2 Å². The van der Waals surface area contributed by atoms with Crippen LogP contribution in [0.5, 0.6) is 0 Å². The summed E-state index contributed by atoms with van der Waals surface area (Å²) in [4.78, 5) is 2.45. The molecule has 90 valence electrons. The van der Waals surface area contributed by atoms with Crippen molar-refractivity contribution in [3.63, 3.8) is 0 Å². The molecule has 0 spiro atoms. The van der Waals surface area contributed by atoms with Gasteiger partial charge in [0.1, 0.15) is 0 Å². The molecule has 0 bridgehead atoms. The molecular weight excluding hydrogens is 186 g/mol. The molecule has 2 nitrogen and oxygen atoms in total. The summed E-state index contributed by atoms with van der Waals surface area (Å²) in [6, 6.07) is 0.549. The number of nitrogens with zero attached hydrogens (tertiary/aromatic N) is 1.